The Balaban J connectivity index is 2.35. The van der Waals surface area contributed by atoms with Crippen LogP contribution in [0.3, 0.4) is 0 Å². The van der Waals surface area contributed by atoms with Crippen molar-refractivity contribution < 1.29 is 13.2 Å². The van der Waals surface area contributed by atoms with Crippen molar-refractivity contribution in [2.24, 2.45) is 5.73 Å². The Labute approximate surface area is 102 Å². The molecule has 2 rings (SSSR count). The van der Waals surface area contributed by atoms with Crippen LogP contribution in [0.1, 0.15) is 22.9 Å². The third kappa shape index (κ3) is 2.68. The van der Waals surface area contributed by atoms with Crippen LogP contribution in [0.5, 0.6) is 0 Å². The molecule has 2 aromatic rings. The van der Waals surface area contributed by atoms with Crippen LogP contribution >= 0.6 is 0 Å². The van der Waals surface area contributed by atoms with E-state index in [1.54, 1.807) is 30.5 Å². The van der Waals surface area contributed by atoms with Gasteiger partial charge in [0.2, 0.25) is 0 Å². The second-order valence-corrected chi connectivity index (χ2v) is 3.86. The number of halogens is 3. The zero-order valence-electron chi connectivity index (χ0n) is 9.35. The van der Waals surface area contributed by atoms with E-state index in [2.05, 4.69) is 4.98 Å². The first-order valence-corrected chi connectivity index (χ1v) is 5.32. The third-order valence-corrected chi connectivity index (χ3v) is 2.58. The second kappa shape index (κ2) is 4.78. The van der Waals surface area contributed by atoms with E-state index < -0.39 is 17.8 Å². The van der Waals surface area contributed by atoms with Crippen LogP contribution in [0.4, 0.5) is 13.2 Å². The average Bonchev–Trinajstić information content (AvgIpc) is 2.38. The van der Waals surface area contributed by atoms with Crippen LogP contribution in [0.15, 0.2) is 48.7 Å². The quantitative estimate of drug-likeness (QED) is 0.891. The number of alkyl halides is 3. The Morgan fingerprint density at radius 2 is 1.83 bits per heavy atom. The molecule has 1 aromatic carbocycles. The van der Waals surface area contributed by atoms with Crippen molar-refractivity contribution in [2.45, 2.75) is 12.2 Å². The highest BCUT2D eigenvalue weighted by Gasteiger charge is 2.30. The van der Waals surface area contributed by atoms with Gasteiger partial charge in [-0.2, -0.15) is 13.2 Å². The van der Waals surface area contributed by atoms with E-state index in [0.29, 0.717) is 11.3 Å². The number of pyridine rings is 1. The summed E-state index contributed by atoms with van der Waals surface area (Å²) in [6.45, 7) is 0. The van der Waals surface area contributed by atoms with Crippen molar-refractivity contribution in [2.75, 3.05) is 0 Å². The van der Waals surface area contributed by atoms with E-state index in [1.165, 1.54) is 6.07 Å². The summed E-state index contributed by atoms with van der Waals surface area (Å²) in [6, 6.07) is 9.49. The maximum absolute atomic E-state index is 12.6. The summed E-state index contributed by atoms with van der Waals surface area (Å²) in [7, 11) is 0. The monoisotopic (exact) mass is 252 g/mol. The van der Waals surface area contributed by atoms with Crippen molar-refractivity contribution in [3.63, 3.8) is 0 Å². The maximum Gasteiger partial charge on any atom is 0.416 e. The van der Waals surface area contributed by atoms with Crippen molar-refractivity contribution in [3.8, 4) is 0 Å². The van der Waals surface area contributed by atoms with E-state index in [4.69, 9.17) is 5.73 Å². The number of hydrogen-bond donors (Lipinski definition) is 1. The molecule has 18 heavy (non-hydrogen) atoms. The topological polar surface area (TPSA) is 38.9 Å². The van der Waals surface area contributed by atoms with Gasteiger partial charge >= 0.3 is 6.18 Å². The predicted octanol–water partition coefficient (Wildman–Crippen LogP) is 3.15. The van der Waals surface area contributed by atoms with Crippen LogP contribution in [0.25, 0.3) is 0 Å². The maximum atomic E-state index is 12.6. The highest BCUT2D eigenvalue weighted by Crippen LogP contribution is 2.31. The van der Waals surface area contributed by atoms with Crippen LogP contribution in [0, 0.1) is 0 Å². The molecule has 0 aliphatic heterocycles. The van der Waals surface area contributed by atoms with Gasteiger partial charge in [0.25, 0.3) is 0 Å². The van der Waals surface area contributed by atoms with Crippen molar-refractivity contribution in [3.05, 3.63) is 65.5 Å². The minimum absolute atomic E-state index is 0.392. The molecular weight excluding hydrogens is 241 g/mol. The summed E-state index contributed by atoms with van der Waals surface area (Å²) >= 11 is 0. The Morgan fingerprint density at radius 1 is 1.06 bits per heavy atom. The molecule has 0 radical (unpaired) electrons. The van der Waals surface area contributed by atoms with E-state index >= 15 is 0 Å². The minimum Gasteiger partial charge on any atom is -0.319 e. The lowest BCUT2D eigenvalue weighted by atomic mass is 10.0. The molecular formula is C13H11F3N2. The number of rotatable bonds is 2. The van der Waals surface area contributed by atoms with Gasteiger partial charge in [-0.05, 0) is 29.8 Å². The van der Waals surface area contributed by atoms with Crippen LogP contribution in [0.2, 0.25) is 0 Å². The fourth-order valence-electron chi connectivity index (χ4n) is 1.64. The molecule has 0 spiro atoms. The first kappa shape index (κ1) is 12.6. The molecule has 2 N–H and O–H groups in total. The molecule has 0 fully saturated rings. The molecule has 1 aromatic heterocycles. The smallest absolute Gasteiger partial charge is 0.319 e. The summed E-state index contributed by atoms with van der Waals surface area (Å²) < 4.78 is 37.7. The minimum atomic E-state index is -4.36. The summed E-state index contributed by atoms with van der Waals surface area (Å²) in [5, 5.41) is 0. The Hall–Kier alpha value is -1.88. The molecule has 1 heterocycles. The highest BCUT2D eigenvalue weighted by atomic mass is 19.4. The Morgan fingerprint density at radius 3 is 2.44 bits per heavy atom. The summed E-state index contributed by atoms with van der Waals surface area (Å²) in [6.07, 6.45) is -2.80. The number of benzene rings is 1. The van der Waals surface area contributed by atoms with Gasteiger partial charge in [-0.15, -0.1) is 0 Å². The van der Waals surface area contributed by atoms with Crippen LogP contribution < -0.4 is 5.73 Å². The van der Waals surface area contributed by atoms with Gasteiger partial charge in [0.1, 0.15) is 0 Å². The van der Waals surface area contributed by atoms with Crippen molar-refractivity contribution in [1.82, 2.24) is 4.98 Å². The van der Waals surface area contributed by atoms with Crippen LogP contribution in [-0.4, -0.2) is 4.98 Å². The van der Waals surface area contributed by atoms with Crippen molar-refractivity contribution in [1.29, 1.82) is 0 Å². The summed E-state index contributed by atoms with van der Waals surface area (Å²) in [5.41, 5.74) is 6.13. The molecule has 5 heteroatoms. The van der Waals surface area contributed by atoms with E-state index in [9.17, 15) is 13.2 Å². The van der Waals surface area contributed by atoms with Gasteiger partial charge in [0.15, 0.2) is 0 Å². The molecule has 94 valence electrons. The molecule has 0 amide bonds. The largest absolute Gasteiger partial charge is 0.416 e. The van der Waals surface area contributed by atoms with Crippen molar-refractivity contribution >= 4 is 0 Å². The average molecular weight is 252 g/mol. The fraction of sp³-hybridized carbons (Fsp3) is 0.154. The van der Waals surface area contributed by atoms with Crippen LogP contribution in [-0.2, 0) is 6.18 Å². The molecule has 0 saturated heterocycles. The fourth-order valence-corrected chi connectivity index (χ4v) is 1.64. The van der Waals surface area contributed by atoms with Gasteiger partial charge in [-0.25, -0.2) is 0 Å². The predicted molar refractivity (Wildman–Crippen MR) is 61.7 cm³/mol. The molecule has 0 bridgehead atoms. The van der Waals surface area contributed by atoms with Gasteiger partial charge < -0.3 is 5.73 Å². The Bertz CT molecular complexity index is 523. The lowest BCUT2D eigenvalue weighted by Crippen LogP contribution is -2.14. The molecule has 0 aliphatic rings. The third-order valence-electron chi connectivity index (χ3n) is 2.58. The van der Waals surface area contributed by atoms with Gasteiger partial charge in [0, 0.05) is 6.20 Å². The Kier molecular flexibility index (Phi) is 3.34. The highest BCUT2D eigenvalue weighted by molar-refractivity contribution is 5.32. The first-order valence-electron chi connectivity index (χ1n) is 5.32. The zero-order valence-corrected chi connectivity index (χ0v) is 9.35. The van der Waals surface area contributed by atoms with Gasteiger partial charge in [-0.3, -0.25) is 4.98 Å². The number of nitrogens with zero attached hydrogens (tertiary/aromatic N) is 1. The lowest BCUT2D eigenvalue weighted by molar-refractivity contribution is -0.137. The molecule has 0 aliphatic carbocycles. The van der Waals surface area contributed by atoms with Gasteiger partial charge in [0.05, 0.1) is 17.3 Å². The zero-order chi connectivity index (χ0) is 13.2. The number of nitrogens with two attached hydrogens (primary N) is 1. The summed E-state index contributed by atoms with van der Waals surface area (Å²) in [4.78, 5) is 4.04. The van der Waals surface area contributed by atoms with E-state index in [-0.39, 0.29) is 0 Å². The molecule has 2 nitrogen and oxygen atoms in total. The lowest BCUT2D eigenvalue weighted by Gasteiger charge is -2.14. The van der Waals surface area contributed by atoms with E-state index in [0.717, 1.165) is 12.1 Å². The van der Waals surface area contributed by atoms with Gasteiger partial charge in [-0.1, -0.05) is 18.2 Å². The number of hydrogen-bond acceptors (Lipinski definition) is 2. The van der Waals surface area contributed by atoms with E-state index in [1.807, 2.05) is 0 Å². The molecule has 0 saturated carbocycles. The summed E-state index contributed by atoms with van der Waals surface area (Å²) in [5.74, 6) is 0. The number of aromatic nitrogens is 1. The standard InChI is InChI=1S/C13H11F3N2/c14-13(15,16)10-5-3-4-9(8-10)12(17)11-6-1-2-7-18-11/h1-8,12H,17H2. The molecule has 1 atom stereocenters. The second-order valence-electron chi connectivity index (χ2n) is 3.86. The molecule has 1 unspecified atom stereocenters. The normalized spacial score (nSPS) is 13.3. The first-order chi connectivity index (χ1) is 8.48. The SMILES string of the molecule is NC(c1cccc(C(F)(F)F)c1)c1ccccn1.